The standard InChI is InChI=1S/C23H23FN2O6S/c1-15(17-5-9-19(24)10-6-17)26-22(27)16(2)32-23(28)18-7-11-21(12-8-18)33(29,30)25-14-20-4-3-13-31-20/h3-13,15-16,25H,14H2,1-2H3,(H,26,27). The van der Waals surface area contributed by atoms with Gasteiger partial charge in [0, 0.05) is 0 Å². The molecular formula is C23H23FN2O6S. The van der Waals surface area contributed by atoms with E-state index < -0.39 is 34.0 Å². The number of hydrogen-bond acceptors (Lipinski definition) is 6. The van der Waals surface area contributed by atoms with Crippen molar-refractivity contribution in [1.29, 1.82) is 0 Å². The molecule has 2 unspecified atom stereocenters. The van der Waals surface area contributed by atoms with Crippen LogP contribution < -0.4 is 10.0 Å². The molecule has 0 bridgehead atoms. The first-order valence-corrected chi connectivity index (χ1v) is 11.5. The fourth-order valence-corrected chi connectivity index (χ4v) is 3.87. The van der Waals surface area contributed by atoms with Crippen LogP contribution in [0.3, 0.4) is 0 Å². The number of hydrogen-bond donors (Lipinski definition) is 2. The lowest BCUT2D eigenvalue weighted by Crippen LogP contribution is -2.37. The first-order valence-electron chi connectivity index (χ1n) is 10.0. The van der Waals surface area contributed by atoms with E-state index in [4.69, 9.17) is 9.15 Å². The Morgan fingerprint density at radius 2 is 1.70 bits per heavy atom. The Kier molecular flexibility index (Phi) is 7.62. The lowest BCUT2D eigenvalue weighted by atomic mass is 10.1. The first-order chi connectivity index (χ1) is 15.7. The molecule has 0 spiro atoms. The van der Waals surface area contributed by atoms with Crippen LogP contribution in [0.1, 0.15) is 41.6 Å². The van der Waals surface area contributed by atoms with Crippen molar-refractivity contribution in [2.75, 3.05) is 0 Å². The molecule has 0 saturated heterocycles. The summed E-state index contributed by atoms with van der Waals surface area (Å²) < 4.78 is 50.5. The molecule has 2 N–H and O–H groups in total. The van der Waals surface area contributed by atoms with Gasteiger partial charge in [-0.25, -0.2) is 22.3 Å². The van der Waals surface area contributed by atoms with Crippen LogP contribution in [0.4, 0.5) is 4.39 Å². The maximum absolute atomic E-state index is 13.0. The summed E-state index contributed by atoms with van der Waals surface area (Å²) in [6.45, 7) is 3.13. The maximum Gasteiger partial charge on any atom is 0.338 e. The molecule has 0 aliphatic carbocycles. The average Bonchev–Trinajstić information content (AvgIpc) is 3.32. The molecule has 8 nitrogen and oxygen atoms in total. The number of furan rings is 1. The van der Waals surface area contributed by atoms with Gasteiger partial charge < -0.3 is 14.5 Å². The van der Waals surface area contributed by atoms with Crippen molar-refractivity contribution >= 4 is 21.9 Å². The highest BCUT2D eigenvalue weighted by molar-refractivity contribution is 7.89. The highest BCUT2D eigenvalue weighted by Gasteiger charge is 2.22. The molecule has 2 aromatic carbocycles. The minimum Gasteiger partial charge on any atom is -0.468 e. The number of amides is 1. The number of rotatable bonds is 9. The second-order valence-corrected chi connectivity index (χ2v) is 9.02. The number of esters is 1. The Hall–Kier alpha value is -3.50. The van der Waals surface area contributed by atoms with Gasteiger partial charge in [0.1, 0.15) is 11.6 Å². The fourth-order valence-electron chi connectivity index (χ4n) is 2.88. The van der Waals surface area contributed by atoms with Crippen molar-refractivity contribution in [3.63, 3.8) is 0 Å². The van der Waals surface area contributed by atoms with Gasteiger partial charge in [0.15, 0.2) is 6.10 Å². The number of ether oxygens (including phenoxy) is 1. The fraction of sp³-hybridized carbons (Fsp3) is 0.217. The molecular weight excluding hydrogens is 451 g/mol. The van der Waals surface area contributed by atoms with Crippen molar-refractivity contribution in [3.8, 4) is 0 Å². The normalized spacial score (nSPS) is 13.2. The third kappa shape index (κ3) is 6.50. The molecule has 33 heavy (non-hydrogen) atoms. The van der Waals surface area contributed by atoms with Crippen LogP contribution in [-0.4, -0.2) is 26.4 Å². The van der Waals surface area contributed by atoms with Crippen LogP contribution in [-0.2, 0) is 26.1 Å². The predicted molar refractivity (Wildman–Crippen MR) is 117 cm³/mol. The Morgan fingerprint density at radius 1 is 1.03 bits per heavy atom. The molecule has 0 saturated carbocycles. The van der Waals surface area contributed by atoms with E-state index in [1.165, 1.54) is 49.6 Å². The van der Waals surface area contributed by atoms with E-state index in [9.17, 15) is 22.4 Å². The van der Waals surface area contributed by atoms with Crippen LogP contribution >= 0.6 is 0 Å². The van der Waals surface area contributed by atoms with Crippen molar-refractivity contribution in [2.24, 2.45) is 0 Å². The SMILES string of the molecule is CC(OC(=O)c1ccc(S(=O)(=O)NCc2ccco2)cc1)C(=O)NC(C)c1ccc(F)cc1. The Labute approximate surface area is 190 Å². The van der Waals surface area contributed by atoms with Gasteiger partial charge in [0.25, 0.3) is 5.91 Å². The minimum atomic E-state index is -3.81. The number of sulfonamides is 1. The summed E-state index contributed by atoms with van der Waals surface area (Å²) in [5, 5.41) is 2.69. The monoisotopic (exact) mass is 474 g/mol. The van der Waals surface area contributed by atoms with Gasteiger partial charge in [0.05, 0.1) is 29.3 Å². The van der Waals surface area contributed by atoms with E-state index in [1.807, 2.05) is 0 Å². The molecule has 2 atom stereocenters. The molecule has 3 rings (SSSR count). The quantitative estimate of drug-likeness (QED) is 0.460. The van der Waals surface area contributed by atoms with Crippen molar-refractivity contribution in [1.82, 2.24) is 10.0 Å². The minimum absolute atomic E-state index is 0.0118. The van der Waals surface area contributed by atoms with Crippen LogP contribution in [0.5, 0.6) is 0 Å². The lowest BCUT2D eigenvalue weighted by Gasteiger charge is -2.18. The van der Waals surface area contributed by atoms with Crippen LogP contribution in [0.15, 0.2) is 76.2 Å². The molecule has 1 aromatic heterocycles. The summed E-state index contributed by atoms with van der Waals surface area (Å²) in [4.78, 5) is 24.7. The molecule has 10 heteroatoms. The van der Waals surface area contributed by atoms with Gasteiger partial charge in [-0.3, -0.25) is 4.79 Å². The summed E-state index contributed by atoms with van der Waals surface area (Å²) >= 11 is 0. The smallest absolute Gasteiger partial charge is 0.338 e. The molecule has 1 heterocycles. The molecule has 0 aliphatic rings. The van der Waals surface area contributed by atoms with Gasteiger partial charge >= 0.3 is 5.97 Å². The predicted octanol–water partition coefficient (Wildman–Crippen LogP) is 3.32. The maximum atomic E-state index is 13.0. The van der Waals surface area contributed by atoms with Gasteiger partial charge in [-0.2, -0.15) is 0 Å². The second kappa shape index (κ2) is 10.4. The zero-order chi connectivity index (χ0) is 24.0. The molecule has 0 radical (unpaired) electrons. The van der Waals surface area contributed by atoms with E-state index in [0.717, 1.165) is 0 Å². The molecule has 0 aliphatic heterocycles. The van der Waals surface area contributed by atoms with E-state index in [0.29, 0.717) is 11.3 Å². The first kappa shape index (κ1) is 24.1. The van der Waals surface area contributed by atoms with Crippen LogP contribution in [0.2, 0.25) is 0 Å². The summed E-state index contributed by atoms with van der Waals surface area (Å²) in [5.41, 5.74) is 0.784. The van der Waals surface area contributed by atoms with Gasteiger partial charge in [-0.15, -0.1) is 0 Å². The molecule has 0 fully saturated rings. The third-order valence-electron chi connectivity index (χ3n) is 4.80. The Bertz CT molecular complexity index is 1190. The number of halogens is 1. The molecule has 174 valence electrons. The van der Waals surface area contributed by atoms with E-state index >= 15 is 0 Å². The summed E-state index contributed by atoms with van der Waals surface area (Å²) in [7, 11) is -3.81. The van der Waals surface area contributed by atoms with E-state index in [2.05, 4.69) is 10.0 Å². The third-order valence-corrected chi connectivity index (χ3v) is 6.22. The number of nitrogens with one attached hydrogen (secondary N) is 2. The average molecular weight is 475 g/mol. The zero-order valence-corrected chi connectivity index (χ0v) is 18.8. The number of carbonyl (C=O) groups is 2. The topological polar surface area (TPSA) is 115 Å². The van der Waals surface area contributed by atoms with Gasteiger partial charge in [-0.1, -0.05) is 12.1 Å². The number of benzene rings is 2. The van der Waals surface area contributed by atoms with Gasteiger partial charge in [0.2, 0.25) is 10.0 Å². The van der Waals surface area contributed by atoms with E-state index in [1.54, 1.807) is 31.2 Å². The summed E-state index contributed by atoms with van der Waals surface area (Å²) in [6.07, 6.45) is 0.341. The number of carbonyl (C=O) groups excluding carboxylic acids is 2. The largest absolute Gasteiger partial charge is 0.468 e. The summed E-state index contributed by atoms with van der Waals surface area (Å²) in [6, 6.07) is 13.7. The Balaban J connectivity index is 1.55. The van der Waals surface area contributed by atoms with Crippen LogP contribution in [0, 0.1) is 5.82 Å². The van der Waals surface area contributed by atoms with Crippen molar-refractivity contribution in [2.45, 2.75) is 37.4 Å². The summed E-state index contributed by atoms with van der Waals surface area (Å²) in [5.74, 6) is -1.23. The van der Waals surface area contributed by atoms with Crippen molar-refractivity contribution in [3.05, 3.63) is 89.6 Å². The zero-order valence-electron chi connectivity index (χ0n) is 17.9. The van der Waals surface area contributed by atoms with Crippen molar-refractivity contribution < 1.29 is 31.6 Å². The highest BCUT2D eigenvalue weighted by atomic mass is 32.2. The second-order valence-electron chi connectivity index (χ2n) is 7.26. The molecule has 1 amide bonds. The van der Waals surface area contributed by atoms with E-state index in [-0.39, 0.29) is 22.8 Å². The highest BCUT2D eigenvalue weighted by Crippen LogP contribution is 2.15. The molecule has 3 aromatic rings. The Morgan fingerprint density at radius 3 is 2.30 bits per heavy atom. The van der Waals surface area contributed by atoms with Gasteiger partial charge in [-0.05, 0) is 67.9 Å². The lowest BCUT2D eigenvalue weighted by molar-refractivity contribution is -0.129. The van der Waals surface area contributed by atoms with Crippen LogP contribution in [0.25, 0.3) is 0 Å².